The van der Waals surface area contributed by atoms with Crippen LogP contribution in [0.15, 0.2) is 71.8 Å². The molecule has 2 aliphatic carbocycles. The Balaban J connectivity index is 1.70. The highest BCUT2D eigenvalue weighted by Crippen LogP contribution is 2.51. The van der Waals surface area contributed by atoms with Crippen molar-refractivity contribution >= 4 is 23.7 Å². The van der Waals surface area contributed by atoms with Crippen LogP contribution in [0.1, 0.15) is 51.7 Å². The summed E-state index contributed by atoms with van der Waals surface area (Å²) in [4.78, 5) is 27.8. The van der Waals surface area contributed by atoms with Gasteiger partial charge in [-0.1, -0.05) is 54.5 Å². The lowest BCUT2D eigenvalue weighted by atomic mass is 9.56. The van der Waals surface area contributed by atoms with Crippen LogP contribution >= 0.6 is 0 Å². The van der Waals surface area contributed by atoms with Crippen molar-refractivity contribution in [3.63, 3.8) is 0 Å². The van der Waals surface area contributed by atoms with E-state index in [4.69, 9.17) is 9.47 Å². The number of hydrogen-bond donors (Lipinski definition) is 2. The number of rotatable bonds is 10. The van der Waals surface area contributed by atoms with Crippen LogP contribution in [-0.2, 0) is 9.59 Å². The van der Waals surface area contributed by atoms with Crippen LogP contribution in [0.5, 0.6) is 23.0 Å². The molecule has 0 amide bonds. The van der Waals surface area contributed by atoms with Crippen LogP contribution in [0.2, 0.25) is 0 Å². The molecule has 6 heteroatoms. The Labute approximate surface area is 249 Å². The summed E-state index contributed by atoms with van der Waals surface area (Å²) in [6.45, 7) is 8.66. The zero-order valence-corrected chi connectivity index (χ0v) is 25.3. The van der Waals surface area contributed by atoms with E-state index in [1.54, 1.807) is 36.4 Å². The number of hydrogen-bond acceptors (Lipinski definition) is 6. The molecule has 0 spiro atoms. The number of fused-ring (bicyclic) bond motifs is 2. The molecule has 1 saturated carbocycles. The third-order valence-electron chi connectivity index (χ3n) is 8.79. The Morgan fingerprint density at radius 2 is 1.40 bits per heavy atom. The number of phenols is 2. The first kappa shape index (κ1) is 30.9. The van der Waals surface area contributed by atoms with Gasteiger partial charge in [0.15, 0.2) is 34.6 Å². The molecule has 0 saturated heterocycles. The fraction of sp³-hybridized carbons (Fsp3) is 0.389. The van der Waals surface area contributed by atoms with Crippen LogP contribution in [0.25, 0.3) is 12.2 Å². The lowest BCUT2D eigenvalue weighted by molar-refractivity contribution is -0.130. The molecule has 2 bridgehead atoms. The Morgan fingerprint density at radius 3 is 1.88 bits per heavy atom. The summed E-state index contributed by atoms with van der Waals surface area (Å²) in [7, 11) is 2.94. The smallest absolute Gasteiger partial charge is 0.167 e. The molecule has 4 rings (SSSR count). The van der Waals surface area contributed by atoms with Crippen molar-refractivity contribution in [3.05, 3.63) is 83.0 Å². The number of aromatic hydroxyl groups is 2. The first-order valence-electron chi connectivity index (χ1n) is 14.5. The molecule has 0 unspecified atom stereocenters. The molecule has 6 nitrogen and oxygen atoms in total. The zero-order chi connectivity index (χ0) is 30.6. The molecule has 2 aromatic carbocycles. The Hall–Kier alpha value is -4.06. The first-order chi connectivity index (χ1) is 20.0. The molecule has 0 heterocycles. The monoisotopic (exact) mass is 570 g/mol. The predicted molar refractivity (Wildman–Crippen MR) is 166 cm³/mol. The van der Waals surface area contributed by atoms with Crippen LogP contribution in [0, 0.1) is 35.5 Å². The van der Waals surface area contributed by atoms with Gasteiger partial charge >= 0.3 is 0 Å². The van der Waals surface area contributed by atoms with Crippen LogP contribution < -0.4 is 9.47 Å². The van der Waals surface area contributed by atoms with Gasteiger partial charge in [0.25, 0.3) is 0 Å². The molecule has 2 N–H and O–H groups in total. The Bertz CT molecular complexity index is 1370. The number of carbonyl (C=O) groups excluding carboxylic acids is 2. The summed E-state index contributed by atoms with van der Waals surface area (Å²) in [6.07, 6.45) is 12.8. The van der Waals surface area contributed by atoms with E-state index >= 15 is 0 Å². The molecule has 0 radical (unpaired) electrons. The standard InChI is InChI=1S/C36H42O6/c1-21(2)15-26-16-22(3)28-20-27(26)23(4)17-29(28)36(32(39)13-9-24-7-11-30(37)34(18-24)41-5)33(40)14-10-25-8-12-31(38)35(19-25)42-6/h7-15,17-19,22,26-29,36-38H,16,20H2,1-6H3/b13-9+,14-10+/t22-,26+,27+,28+,29-/m0/s1. The van der Waals surface area contributed by atoms with Crippen molar-refractivity contribution in [2.75, 3.05) is 14.2 Å². The van der Waals surface area contributed by atoms with Gasteiger partial charge in [-0.2, -0.15) is 0 Å². The number of ether oxygens (including phenoxy) is 2. The van der Waals surface area contributed by atoms with Gasteiger partial charge in [0.1, 0.15) is 0 Å². The molecule has 5 atom stereocenters. The topological polar surface area (TPSA) is 93.1 Å². The maximum atomic E-state index is 13.9. The molecular weight excluding hydrogens is 528 g/mol. The SMILES string of the molecule is COc1cc(/C=C/C(=O)C(C(=O)/C=C/c2ccc(O)c(OC)c2)[C@H]2C=C(C)[C@H]3C[C@@H]2[C@@H](C)C[C@H]3C=C(C)C)ccc1O. The molecule has 1 fully saturated rings. The molecule has 42 heavy (non-hydrogen) atoms. The van der Waals surface area contributed by atoms with E-state index < -0.39 is 5.92 Å². The molecule has 2 aliphatic rings. The van der Waals surface area contributed by atoms with E-state index in [0.717, 1.165) is 12.8 Å². The van der Waals surface area contributed by atoms with E-state index in [2.05, 4.69) is 39.8 Å². The van der Waals surface area contributed by atoms with E-state index in [9.17, 15) is 19.8 Å². The summed E-state index contributed by atoms with van der Waals surface area (Å²) < 4.78 is 10.4. The van der Waals surface area contributed by atoms with Crippen LogP contribution in [-0.4, -0.2) is 36.0 Å². The van der Waals surface area contributed by atoms with Crippen LogP contribution in [0.3, 0.4) is 0 Å². The molecule has 0 aliphatic heterocycles. The second-order valence-electron chi connectivity index (χ2n) is 11.9. The molecule has 2 aromatic rings. The third-order valence-corrected chi connectivity index (χ3v) is 8.79. The van der Waals surface area contributed by atoms with Gasteiger partial charge in [-0.3, -0.25) is 9.59 Å². The zero-order valence-electron chi connectivity index (χ0n) is 25.3. The minimum absolute atomic E-state index is 0.0140. The average molecular weight is 571 g/mol. The lowest BCUT2D eigenvalue weighted by Crippen LogP contribution is -2.43. The number of carbonyl (C=O) groups is 2. The fourth-order valence-electron chi connectivity index (χ4n) is 6.71. The number of benzene rings is 2. The van der Waals surface area contributed by atoms with Gasteiger partial charge < -0.3 is 19.7 Å². The quantitative estimate of drug-likeness (QED) is 0.175. The highest BCUT2D eigenvalue weighted by molar-refractivity contribution is 6.14. The third kappa shape index (κ3) is 6.87. The first-order valence-corrected chi connectivity index (χ1v) is 14.5. The van der Waals surface area contributed by atoms with Gasteiger partial charge in [0, 0.05) is 0 Å². The minimum atomic E-state index is -0.876. The van der Waals surface area contributed by atoms with Gasteiger partial charge in [-0.25, -0.2) is 0 Å². The van der Waals surface area contributed by atoms with Crippen molar-refractivity contribution in [1.29, 1.82) is 0 Å². The predicted octanol–water partition coefficient (Wildman–Crippen LogP) is 7.42. The normalized spacial score (nSPS) is 23.6. The summed E-state index contributed by atoms with van der Waals surface area (Å²) >= 11 is 0. The molecular formula is C36H42O6. The van der Waals surface area contributed by atoms with Crippen molar-refractivity contribution in [2.24, 2.45) is 35.5 Å². The summed E-state index contributed by atoms with van der Waals surface area (Å²) in [5.74, 6) is 0.489. The van der Waals surface area contributed by atoms with E-state index in [-0.39, 0.29) is 34.9 Å². The Morgan fingerprint density at radius 1 is 0.881 bits per heavy atom. The van der Waals surface area contributed by atoms with Gasteiger partial charge in [-0.15, -0.1) is 0 Å². The van der Waals surface area contributed by atoms with Gasteiger partial charge in [0.05, 0.1) is 20.1 Å². The van der Waals surface area contributed by atoms with Crippen LogP contribution in [0.4, 0.5) is 0 Å². The summed E-state index contributed by atoms with van der Waals surface area (Å²) in [5, 5.41) is 19.9. The number of methoxy groups -OCH3 is 2. The lowest BCUT2D eigenvalue weighted by Gasteiger charge is -2.47. The van der Waals surface area contributed by atoms with Gasteiger partial charge in [0.2, 0.25) is 0 Å². The molecule has 222 valence electrons. The number of phenolic OH excluding ortho intramolecular Hbond substituents is 2. The van der Waals surface area contributed by atoms with Crippen molar-refractivity contribution in [1.82, 2.24) is 0 Å². The maximum Gasteiger partial charge on any atom is 0.167 e. The van der Waals surface area contributed by atoms with Crippen molar-refractivity contribution < 1.29 is 29.3 Å². The maximum absolute atomic E-state index is 13.9. The summed E-state index contributed by atoms with van der Waals surface area (Å²) in [5.41, 5.74) is 3.93. The van der Waals surface area contributed by atoms with E-state index in [1.807, 2.05) is 0 Å². The number of allylic oxidation sites excluding steroid dienone is 6. The number of ketones is 2. The highest BCUT2D eigenvalue weighted by atomic mass is 16.5. The van der Waals surface area contributed by atoms with E-state index in [0.29, 0.717) is 40.4 Å². The highest BCUT2D eigenvalue weighted by Gasteiger charge is 2.46. The summed E-state index contributed by atoms with van der Waals surface area (Å²) in [6, 6.07) is 9.71. The van der Waals surface area contributed by atoms with Crippen molar-refractivity contribution in [2.45, 2.75) is 40.5 Å². The second kappa shape index (κ2) is 13.3. The minimum Gasteiger partial charge on any atom is -0.504 e. The van der Waals surface area contributed by atoms with Crippen molar-refractivity contribution in [3.8, 4) is 23.0 Å². The van der Waals surface area contributed by atoms with Gasteiger partial charge in [-0.05, 0) is 111 Å². The fourth-order valence-corrected chi connectivity index (χ4v) is 6.71. The Kier molecular flexibility index (Phi) is 9.77. The van der Waals surface area contributed by atoms with E-state index in [1.165, 1.54) is 49.7 Å². The average Bonchev–Trinajstić information content (AvgIpc) is 2.95. The largest absolute Gasteiger partial charge is 0.504 e. The molecule has 0 aromatic heterocycles. The second-order valence-corrected chi connectivity index (χ2v) is 11.9.